The molecule has 0 spiro atoms. The second kappa shape index (κ2) is 5.19. The molecule has 0 aliphatic rings. The summed E-state index contributed by atoms with van der Waals surface area (Å²) in [6.07, 6.45) is 0. The van der Waals surface area contributed by atoms with Gasteiger partial charge < -0.3 is 4.57 Å². The zero-order chi connectivity index (χ0) is 14.2. The van der Waals surface area contributed by atoms with E-state index in [0.717, 1.165) is 27.1 Å². The summed E-state index contributed by atoms with van der Waals surface area (Å²) in [6, 6.07) is 7.94. The van der Waals surface area contributed by atoms with Crippen molar-refractivity contribution in [2.45, 2.75) is 20.8 Å². The Bertz CT molecular complexity index is 646. The number of hydrazine groups is 1. The number of aromatic nitrogens is 1. The summed E-state index contributed by atoms with van der Waals surface area (Å²) in [5.41, 5.74) is 6.83. The fourth-order valence-electron chi connectivity index (χ4n) is 2.24. The van der Waals surface area contributed by atoms with Gasteiger partial charge in [0.1, 0.15) is 0 Å². The van der Waals surface area contributed by atoms with Crippen LogP contribution in [0.15, 0.2) is 28.7 Å². The molecule has 0 saturated heterocycles. The molecule has 1 aromatic heterocycles. The standard InChI is InChI=1S/C14H16BrN3O/c1-8-6-11(4-5-13(8)15)18-9(2)7-12(10(18)3)14(19)17-16/h4-7H,16H2,1-3H3,(H,17,19). The zero-order valence-corrected chi connectivity index (χ0v) is 12.7. The number of nitrogens with zero attached hydrogens (tertiary/aromatic N) is 1. The van der Waals surface area contributed by atoms with E-state index >= 15 is 0 Å². The van der Waals surface area contributed by atoms with Crippen LogP contribution in [0.1, 0.15) is 27.3 Å². The number of nitrogen functional groups attached to an aromatic ring is 1. The van der Waals surface area contributed by atoms with Crippen LogP contribution in [0.5, 0.6) is 0 Å². The van der Waals surface area contributed by atoms with Crippen molar-refractivity contribution in [3.63, 3.8) is 0 Å². The average Bonchev–Trinajstić information content (AvgIpc) is 2.68. The quantitative estimate of drug-likeness (QED) is 0.507. The van der Waals surface area contributed by atoms with Gasteiger partial charge in [-0.25, -0.2) is 5.84 Å². The van der Waals surface area contributed by atoms with Crippen LogP contribution in [0.4, 0.5) is 0 Å². The minimum Gasteiger partial charge on any atom is -0.318 e. The second-order valence-electron chi connectivity index (χ2n) is 4.53. The molecule has 2 aromatic rings. The van der Waals surface area contributed by atoms with Gasteiger partial charge in [0.25, 0.3) is 5.91 Å². The minimum absolute atomic E-state index is 0.270. The van der Waals surface area contributed by atoms with Gasteiger partial charge >= 0.3 is 0 Å². The second-order valence-corrected chi connectivity index (χ2v) is 5.38. The molecule has 100 valence electrons. The number of carbonyl (C=O) groups is 1. The normalized spacial score (nSPS) is 10.6. The molecule has 5 heteroatoms. The van der Waals surface area contributed by atoms with Gasteiger partial charge in [0.2, 0.25) is 0 Å². The SMILES string of the molecule is Cc1cc(-n2c(C)cc(C(=O)NN)c2C)ccc1Br. The Balaban J connectivity index is 2.59. The molecule has 1 amide bonds. The van der Waals surface area contributed by atoms with Crippen molar-refractivity contribution in [2.75, 3.05) is 0 Å². The Morgan fingerprint density at radius 2 is 1.95 bits per heavy atom. The van der Waals surface area contributed by atoms with Gasteiger partial charge in [0.05, 0.1) is 5.56 Å². The smallest absolute Gasteiger partial charge is 0.267 e. The molecule has 2 rings (SSSR count). The fourth-order valence-corrected chi connectivity index (χ4v) is 2.48. The monoisotopic (exact) mass is 321 g/mol. The highest BCUT2D eigenvalue weighted by Gasteiger charge is 2.15. The van der Waals surface area contributed by atoms with Crippen molar-refractivity contribution in [2.24, 2.45) is 5.84 Å². The molecule has 0 bridgehead atoms. The van der Waals surface area contributed by atoms with Crippen molar-refractivity contribution in [1.82, 2.24) is 9.99 Å². The molecule has 4 nitrogen and oxygen atoms in total. The Kier molecular flexibility index (Phi) is 3.78. The molecule has 1 heterocycles. The molecule has 0 saturated carbocycles. The lowest BCUT2D eigenvalue weighted by Gasteiger charge is -2.11. The van der Waals surface area contributed by atoms with Crippen LogP contribution in [0.25, 0.3) is 5.69 Å². The maximum atomic E-state index is 11.7. The van der Waals surface area contributed by atoms with Crippen molar-refractivity contribution in [1.29, 1.82) is 0 Å². The first kappa shape index (κ1) is 13.8. The molecule has 0 aliphatic heterocycles. The molecule has 3 N–H and O–H groups in total. The lowest BCUT2D eigenvalue weighted by Crippen LogP contribution is -2.30. The van der Waals surface area contributed by atoms with E-state index < -0.39 is 0 Å². The summed E-state index contributed by atoms with van der Waals surface area (Å²) >= 11 is 3.49. The summed E-state index contributed by atoms with van der Waals surface area (Å²) in [7, 11) is 0. The zero-order valence-electron chi connectivity index (χ0n) is 11.1. The first-order valence-corrected chi connectivity index (χ1v) is 6.71. The molecule has 0 atom stereocenters. The van der Waals surface area contributed by atoms with Crippen LogP contribution in [0, 0.1) is 20.8 Å². The first-order valence-electron chi connectivity index (χ1n) is 5.92. The highest BCUT2D eigenvalue weighted by atomic mass is 79.9. The number of nitrogens with two attached hydrogens (primary N) is 1. The highest BCUT2D eigenvalue weighted by Crippen LogP contribution is 2.24. The van der Waals surface area contributed by atoms with E-state index in [1.54, 1.807) is 0 Å². The molecule has 0 fully saturated rings. The third-order valence-electron chi connectivity index (χ3n) is 3.21. The average molecular weight is 322 g/mol. The van der Waals surface area contributed by atoms with Crippen molar-refractivity contribution in [3.8, 4) is 5.69 Å². The first-order chi connectivity index (χ1) is 8.95. The summed E-state index contributed by atoms with van der Waals surface area (Å²) in [5, 5.41) is 0. The summed E-state index contributed by atoms with van der Waals surface area (Å²) in [5.74, 6) is 4.93. The lowest BCUT2D eigenvalue weighted by molar-refractivity contribution is 0.0953. The number of aryl methyl sites for hydroxylation is 2. The number of amides is 1. The van der Waals surface area contributed by atoms with Crippen molar-refractivity contribution >= 4 is 21.8 Å². The number of hydrogen-bond acceptors (Lipinski definition) is 2. The van der Waals surface area contributed by atoms with E-state index in [9.17, 15) is 4.79 Å². The van der Waals surface area contributed by atoms with Crippen LogP contribution < -0.4 is 11.3 Å². The minimum atomic E-state index is -0.270. The molecule has 1 aromatic carbocycles. The lowest BCUT2D eigenvalue weighted by atomic mass is 10.2. The van der Waals surface area contributed by atoms with Crippen LogP contribution >= 0.6 is 15.9 Å². The molecule has 0 unspecified atom stereocenters. The van der Waals surface area contributed by atoms with E-state index in [-0.39, 0.29) is 5.91 Å². The van der Waals surface area contributed by atoms with Crippen LogP contribution in [0.3, 0.4) is 0 Å². The third-order valence-corrected chi connectivity index (χ3v) is 4.10. The number of rotatable bonds is 2. The fraction of sp³-hybridized carbons (Fsp3) is 0.214. The predicted octanol–water partition coefficient (Wildman–Crippen LogP) is 2.77. The number of hydrogen-bond donors (Lipinski definition) is 2. The number of nitrogens with one attached hydrogen (secondary N) is 1. The van der Waals surface area contributed by atoms with Gasteiger partial charge in [0, 0.05) is 21.5 Å². The van der Waals surface area contributed by atoms with E-state index in [1.807, 2.05) is 43.5 Å². The molecular formula is C14H16BrN3O. The third kappa shape index (κ3) is 2.43. The number of benzene rings is 1. The van der Waals surface area contributed by atoms with Crippen molar-refractivity contribution in [3.05, 3.63) is 51.3 Å². The Morgan fingerprint density at radius 1 is 1.26 bits per heavy atom. The maximum Gasteiger partial charge on any atom is 0.267 e. The maximum absolute atomic E-state index is 11.7. The Labute approximate surface area is 120 Å². The van der Waals surface area contributed by atoms with E-state index in [2.05, 4.69) is 27.4 Å². The molecular weight excluding hydrogens is 306 g/mol. The number of carbonyl (C=O) groups excluding carboxylic acids is 1. The van der Waals surface area contributed by atoms with E-state index in [1.165, 1.54) is 0 Å². The van der Waals surface area contributed by atoms with Crippen LogP contribution in [0.2, 0.25) is 0 Å². The summed E-state index contributed by atoms with van der Waals surface area (Å²) in [4.78, 5) is 11.7. The van der Waals surface area contributed by atoms with Gasteiger partial charge in [-0.2, -0.15) is 0 Å². The van der Waals surface area contributed by atoms with Gasteiger partial charge in [0.15, 0.2) is 0 Å². The number of halogens is 1. The Hall–Kier alpha value is -1.59. The Morgan fingerprint density at radius 3 is 2.53 bits per heavy atom. The highest BCUT2D eigenvalue weighted by molar-refractivity contribution is 9.10. The van der Waals surface area contributed by atoms with Gasteiger partial charge in [-0.05, 0) is 50.6 Å². The van der Waals surface area contributed by atoms with E-state index in [0.29, 0.717) is 5.56 Å². The molecule has 0 radical (unpaired) electrons. The van der Waals surface area contributed by atoms with Crippen LogP contribution in [-0.2, 0) is 0 Å². The largest absolute Gasteiger partial charge is 0.318 e. The van der Waals surface area contributed by atoms with Crippen LogP contribution in [-0.4, -0.2) is 10.5 Å². The predicted molar refractivity (Wildman–Crippen MR) is 79.3 cm³/mol. The van der Waals surface area contributed by atoms with E-state index in [4.69, 9.17) is 5.84 Å². The topological polar surface area (TPSA) is 60.0 Å². The van der Waals surface area contributed by atoms with Crippen molar-refractivity contribution < 1.29 is 4.79 Å². The summed E-state index contributed by atoms with van der Waals surface area (Å²) in [6.45, 7) is 5.92. The summed E-state index contributed by atoms with van der Waals surface area (Å²) < 4.78 is 3.11. The van der Waals surface area contributed by atoms with Gasteiger partial charge in [-0.1, -0.05) is 15.9 Å². The molecule has 19 heavy (non-hydrogen) atoms. The molecule has 0 aliphatic carbocycles. The van der Waals surface area contributed by atoms with Gasteiger partial charge in [-0.3, -0.25) is 10.2 Å². The van der Waals surface area contributed by atoms with Gasteiger partial charge in [-0.15, -0.1) is 0 Å².